The van der Waals surface area contributed by atoms with E-state index in [0.29, 0.717) is 25.1 Å². The molecule has 1 aromatic carbocycles. The second kappa shape index (κ2) is 9.14. The molecule has 8 heteroatoms. The molecule has 0 radical (unpaired) electrons. The number of carboxylic acid groups (broad SMARTS) is 1. The van der Waals surface area contributed by atoms with Gasteiger partial charge in [-0.1, -0.05) is 40.2 Å². The second-order valence-electron chi connectivity index (χ2n) is 6.24. The molecule has 2 unspecified atom stereocenters. The summed E-state index contributed by atoms with van der Waals surface area (Å²) in [5.41, 5.74) is 0.654. The van der Waals surface area contributed by atoms with E-state index in [1.165, 1.54) is 16.4 Å². The lowest BCUT2D eigenvalue weighted by molar-refractivity contribution is -0.140. The molecular weight excluding hydrogens is 356 g/mol. The van der Waals surface area contributed by atoms with Gasteiger partial charge in [0, 0.05) is 18.7 Å². The fraction of sp³-hybridized carbons (Fsp3) is 0.556. The summed E-state index contributed by atoms with van der Waals surface area (Å²) in [7, 11) is -3.72. The first kappa shape index (κ1) is 22.1. The van der Waals surface area contributed by atoms with Gasteiger partial charge in [-0.3, -0.25) is 4.79 Å². The van der Waals surface area contributed by atoms with Crippen LogP contribution in [0.2, 0.25) is 0 Å². The third kappa shape index (κ3) is 4.82. The summed E-state index contributed by atoms with van der Waals surface area (Å²) in [6.45, 7) is 9.38. The van der Waals surface area contributed by atoms with E-state index in [1.807, 2.05) is 6.92 Å². The molecular formula is C18H28N2O5S. The molecule has 0 fully saturated rings. The summed E-state index contributed by atoms with van der Waals surface area (Å²) in [6, 6.07) is 3.34. The van der Waals surface area contributed by atoms with Gasteiger partial charge in [-0.25, -0.2) is 13.2 Å². The van der Waals surface area contributed by atoms with Crippen molar-refractivity contribution < 1.29 is 23.1 Å². The zero-order valence-electron chi connectivity index (χ0n) is 15.9. The normalized spacial score (nSPS) is 14.1. The van der Waals surface area contributed by atoms with Gasteiger partial charge in [0.2, 0.25) is 10.0 Å². The number of hydrogen-bond donors (Lipinski definition) is 2. The van der Waals surface area contributed by atoms with E-state index in [4.69, 9.17) is 0 Å². The largest absolute Gasteiger partial charge is 0.480 e. The molecule has 0 saturated heterocycles. The Hall–Kier alpha value is -1.93. The maximum atomic E-state index is 12.8. The molecule has 7 nitrogen and oxygen atoms in total. The summed E-state index contributed by atoms with van der Waals surface area (Å²) in [5, 5.41) is 11.8. The van der Waals surface area contributed by atoms with Gasteiger partial charge in [-0.05, 0) is 30.5 Å². The number of carbonyl (C=O) groups is 2. The van der Waals surface area contributed by atoms with Crippen molar-refractivity contribution in [3.8, 4) is 0 Å². The number of nitrogens with one attached hydrogen (secondary N) is 1. The highest BCUT2D eigenvalue weighted by atomic mass is 32.2. The molecule has 2 atom stereocenters. The van der Waals surface area contributed by atoms with Crippen LogP contribution in [0.15, 0.2) is 23.1 Å². The maximum Gasteiger partial charge on any atom is 0.326 e. The molecule has 0 aliphatic heterocycles. The van der Waals surface area contributed by atoms with Crippen LogP contribution in [0.3, 0.4) is 0 Å². The third-order valence-corrected chi connectivity index (χ3v) is 6.73. The van der Waals surface area contributed by atoms with Crippen molar-refractivity contribution in [1.82, 2.24) is 9.62 Å². The molecule has 26 heavy (non-hydrogen) atoms. The minimum Gasteiger partial charge on any atom is -0.480 e. The Labute approximate surface area is 155 Å². The van der Waals surface area contributed by atoms with Crippen LogP contribution in [0.4, 0.5) is 0 Å². The van der Waals surface area contributed by atoms with Gasteiger partial charge in [0.1, 0.15) is 6.04 Å². The Morgan fingerprint density at radius 2 is 1.77 bits per heavy atom. The number of hydrogen-bond acceptors (Lipinski definition) is 4. The number of carbonyl (C=O) groups excluding carboxylic acids is 1. The maximum absolute atomic E-state index is 12.8. The predicted molar refractivity (Wildman–Crippen MR) is 99.6 cm³/mol. The predicted octanol–water partition coefficient (Wildman–Crippen LogP) is 2.25. The lowest BCUT2D eigenvalue weighted by Gasteiger charge is -2.22. The van der Waals surface area contributed by atoms with Gasteiger partial charge in [-0.15, -0.1) is 0 Å². The summed E-state index contributed by atoms with van der Waals surface area (Å²) < 4.78 is 26.9. The number of aliphatic carboxylic acids is 1. The molecule has 1 aromatic rings. The minimum absolute atomic E-state index is 0.0595. The molecule has 0 bridgehead atoms. The van der Waals surface area contributed by atoms with Gasteiger partial charge in [-0.2, -0.15) is 4.31 Å². The Kier molecular flexibility index (Phi) is 7.77. The molecule has 0 saturated carbocycles. The van der Waals surface area contributed by atoms with Crippen LogP contribution in [-0.4, -0.2) is 48.8 Å². The molecule has 146 valence electrons. The van der Waals surface area contributed by atoms with Crippen molar-refractivity contribution in [3.05, 3.63) is 29.3 Å². The quantitative estimate of drug-likeness (QED) is 0.680. The van der Waals surface area contributed by atoms with Crippen LogP contribution in [0, 0.1) is 12.8 Å². The van der Waals surface area contributed by atoms with E-state index in [9.17, 15) is 23.1 Å². The van der Waals surface area contributed by atoms with E-state index in [-0.39, 0.29) is 16.4 Å². The Bertz CT molecular complexity index is 757. The highest BCUT2D eigenvalue weighted by Crippen LogP contribution is 2.21. The smallest absolute Gasteiger partial charge is 0.326 e. The van der Waals surface area contributed by atoms with Crippen LogP contribution >= 0.6 is 0 Å². The van der Waals surface area contributed by atoms with Crippen LogP contribution < -0.4 is 5.32 Å². The molecule has 0 heterocycles. The first-order valence-corrected chi connectivity index (χ1v) is 10.2. The molecule has 0 aliphatic rings. The van der Waals surface area contributed by atoms with Crippen LogP contribution in [-0.2, 0) is 14.8 Å². The molecule has 1 rings (SSSR count). The van der Waals surface area contributed by atoms with Gasteiger partial charge in [0.25, 0.3) is 5.91 Å². The standard InChI is InChI=1S/C18H28N2O5S/c1-6-12(4)16(18(22)23)19-17(21)14-10-9-13(5)15(11-14)26(24,25)20(7-2)8-3/h9-12,16H,6-8H2,1-5H3,(H,19,21)(H,22,23). The van der Waals surface area contributed by atoms with Gasteiger partial charge in [0.05, 0.1) is 4.90 Å². The monoisotopic (exact) mass is 384 g/mol. The van der Waals surface area contributed by atoms with E-state index in [2.05, 4.69) is 5.32 Å². The Morgan fingerprint density at radius 3 is 2.23 bits per heavy atom. The topological polar surface area (TPSA) is 104 Å². The van der Waals surface area contributed by atoms with Crippen LogP contribution in [0.25, 0.3) is 0 Å². The van der Waals surface area contributed by atoms with E-state index < -0.39 is 27.9 Å². The van der Waals surface area contributed by atoms with E-state index in [0.717, 1.165) is 0 Å². The SMILES string of the molecule is CCC(C)C(NC(=O)c1ccc(C)c(S(=O)(=O)N(CC)CC)c1)C(=O)O. The highest BCUT2D eigenvalue weighted by Gasteiger charge is 2.28. The first-order chi connectivity index (χ1) is 12.1. The van der Waals surface area contributed by atoms with Crippen molar-refractivity contribution in [2.24, 2.45) is 5.92 Å². The number of rotatable bonds is 9. The number of benzene rings is 1. The molecule has 2 N–H and O–H groups in total. The lowest BCUT2D eigenvalue weighted by atomic mass is 9.99. The van der Waals surface area contributed by atoms with Crippen molar-refractivity contribution in [3.63, 3.8) is 0 Å². The first-order valence-electron chi connectivity index (χ1n) is 8.74. The van der Waals surface area contributed by atoms with Gasteiger partial charge < -0.3 is 10.4 Å². The zero-order valence-corrected chi connectivity index (χ0v) is 16.8. The summed E-state index contributed by atoms with van der Waals surface area (Å²) in [4.78, 5) is 24.0. The zero-order chi connectivity index (χ0) is 20.1. The van der Waals surface area contributed by atoms with E-state index in [1.54, 1.807) is 33.8 Å². The molecule has 1 amide bonds. The minimum atomic E-state index is -3.72. The molecule has 0 aromatic heterocycles. The third-order valence-electron chi connectivity index (χ3n) is 4.54. The highest BCUT2D eigenvalue weighted by molar-refractivity contribution is 7.89. The number of aryl methyl sites for hydroxylation is 1. The molecule has 0 spiro atoms. The fourth-order valence-corrected chi connectivity index (χ4v) is 4.34. The summed E-state index contributed by atoms with van der Waals surface area (Å²) >= 11 is 0. The summed E-state index contributed by atoms with van der Waals surface area (Å²) in [5.74, 6) is -1.97. The van der Waals surface area contributed by atoms with Crippen molar-refractivity contribution in [2.45, 2.75) is 52.0 Å². The Balaban J connectivity index is 3.24. The number of sulfonamides is 1. The average Bonchev–Trinajstić information content (AvgIpc) is 2.59. The van der Waals surface area contributed by atoms with Crippen molar-refractivity contribution in [2.75, 3.05) is 13.1 Å². The fourth-order valence-electron chi connectivity index (χ4n) is 2.63. The van der Waals surface area contributed by atoms with Crippen molar-refractivity contribution >= 4 is 21.9 Å². The summed E-state index contributed by atoms with van der Waals surface area (Å²) in [6.07, 6.45) is 0.590. The number of amides is 1. The number of nitrogens with zero attached hydrogens (tertiary/aromatic N) is 1. The van der Waals surface area contributed by atoms with Crippen molar-refractivity contribution in [1.29, 1.82) is 0 Å². The molecule has 0 aliphatic carbocycles. The van der Waals surface area contributed by atoms with Crippen LogP contribution in [0.5, 0.6) is 0 Å². The van der Waals surface area contributed by atoms with E-state index >= 15 is 0 Å². The van der Waals surface area contributed by atoms with Gasteiger partial charge >= 0.3 is 5.97 Å². The average molecular weight is 384 g/mol. The number of carboxylic acids is 1. The second-order valence-corrected chi connectivity index (χ2v) is 8.15. The lowest BCUT2D eigenvalue weighted by Crippen LogP contribution is -2.45. The van der Waals surface area contributed by atoms with Crippen LogP contribution in [0.1, 0.15) is 50.0 Å². The Morgan fingerprint density at radius 1 is 1.19 bits per heavy atom. The van der Waals surface area contributed by atoms with Gasteiger partial charge in [0.15, 0.2) is 0 Å².